The van der Waals surface area contributed by atoms with Gasteiger partial charge in [0.2, 0.25) is 0 Å². The molecule has 104 valence electrons. The number of nitrogens with one attached hydrogen (secondary N) is 1. The van der Waals surface area contributed by atoms with Crippen LogP contribution in [0.5, 0.6) is 0 Å². The molecule has 1 aromatic rings. The van der Waals surface area contributed by atoms with Crippen molar-refractivity contribution >= 4 is 63.7 Å². The molecule has 1 rings (SSSR count). The maximum atomic E-state index is 11.7. The van der Waals surface area contributed by atoms with Gasteiger partial charge in [0.05, 0.1) is 20.9 Å². The van der Waals surface area contributed by atoms with Gasteiger partial charge in [0, 0.05) is 11.4 Å². The summed E-state index contributed by atoms with van der Waals surface area (Å²) in [7, 11) is 0. The molecule has 1 atom stereocenters. The van der Waals surface area contributed by atoms with E-state index in [2.05, 4.69) is 5.32 Å². The molecule has 1 aromatic carbocycles. The van der Waals surface area contributed by atoms with Gasteiger partial charge >= 0.3 is 5.97 Å². The van der Waals surface area contributed by atoms with Crippen molar-refractivity contribution in [2.24, 2.45) is 0 Å². The number of anilines is 1. The van der Waals surface area contributed by atoms with Gasteiger partial charge in [-0.05, 0) is 41.6 Å². The van der Waals surface area contributed by atoms with Crippen molar-refractivity contribution in [1.82, 2.24) is 0 Å². The van der Waals surface area contributed by atoms with Crippen molar-refractivity contribution in [3.05, 3.63) is 25.7 Å². The van der Waals surface area contributed by atoms with E-state index in [-0.39, 0.29) is 13.0 Å². The number of aldehydes is 1. The molecular formula is C12H12Cl2INO3. The topological polar surface area (TPSA) is 55.4 Å². The van der Waals surface area contributed by atoms with Gasteiger partial charge in [-0.1, -0.05) is 23.2 Å². The highest BCUT2D eigenvalue weighted by atomic mass is 127. The second kappa shape index (κ2) is 7.91. The van der Waals surface area contributed by atoms with Gasteiger partial charge in [-0.25, -0.2) is 4.79 Å². The highest BCUT2D eigenvalue weighted by Crippen LogP contribution is 2.31. The standard InChI is InChI=1S/C12H12Cl2INO3/c1-2-19-12(18)9(3-4-17)16-10-6-7(13)5-8(14)11(10)15/h4-6,9,16H,2-3H2,1H3/t9-/m1/s1. The number of carbonyl (C=O) groups excluding carboxylic acids is 2. The van der Waals surface area contributed by atoms with Crippen LogP contribution in [0.4, 0.5) is 5.69 Å². The largest absolute Gasteiger partial charge is 0.464 e. The van der Waals surface area contributed by atoms with Gasteiger partial charge in [0.1, 0.15) is 12.3 Å². The van der Waals surface area contributed by atoms with E-state index in [1.165, 1.54) is 0 Å². The minimum absolute atomic E-state index is 0.0129. The van der Waals surface area contributed by atoms with Gasteiger partial charge in [-0.2, -0.15) is 0 Å². The molecule has 0 amide bonds. The summed E-state index contributed by atoms with van der Waals surface area (Å²) in [5, 5.41) is 3.85. The zero-order chi connectivity index (χ0) is 14.4. The first-order chi connectivity index (χ1) is 8.99. The first kappa shape index (κ1) is 16.5. The molecule has 19 heavy (non-hydrogen) atoms. The number of halogens is 3. The van der Waals surface area contributed by atoms with E-state index in [0.29, 0.717) is 22.0 Å². The van der Waals surface area contributed by atoms with Crippen LogP contribution in [0.1, 0.15) is 13.3 Å². The molecule has 0 fully saturated rings. The van der Waals surface area contributed by atoms with Crippen LogP contribution in [0.25, 0.3) is 0 Å². The summed E-state index contributed by atoms with van der Waals surface area (Å²) >= 11 is 13.9. The van der Waals surface area contributed by atoms with Crippen LogP contribution in [-0.4, -0.2) is 24.9 Å². The van der Waals surface area contributed by atoms with E-state index >= 15 is 0 Å². The molecule has 0 saturated heterocycles. The van der Waals surface area contributed by atoms with Crippen LogP contribution in [0.2, 0.25) is 10.0 Å². The molecule has 0 bridgehead atoms. The molecule has 0 aliphatic rings. The molecule has 4 nitrogen and oxygen atoms in total. The lowest BCUT2D eigenvalue weighted by Crippen LogP contribution is -2.32. The van der Waals surface area contributed by atoms with Gasteiger partial charge in [-0.3, -0.25) is 0 Å². The Morgan fingerprint density at radius 3 is 2.79 bits per heavy atom. The van der Waals surface area contributed by atoms with E-state index in [9.17, 15) is 9.59 Å². The molecule has 0 saturated carbocycles. The Morgan fingerprint density at radius 1 is 1.53 bits per heavy atom. The summed E-state index contributed by atoms with van der Waals surface area (Å²) in [5.41, 5.74) is 0.595. The summed E-state index contributed by atoms with van der Waals surface area (Å²) < 4.78 is 5.63. The fraction of sp³-hybridized carbons (Fsp3) is 0.333. The highest BCUT2D eigenvalue weighted by molar-refractivity contribution is 14.1. The summed E-state index contributed by atoms with van der Waals surface area (Å²) in [6.07, 6.45) is 0.673. The number of carbonyl (C=O) groups is 2. The summed E-state index contributed by atoms with van der Waals surface area (Å²) in [5.74, 6) is -0.485. The lowest BCUT2D eigenvalue weighted by atomic mass is 10.2. The Morgan fingerprint density at radius 2 is 2.21 bits per heavy atom. The Hall–Kier alpha value is -0.530. The van der Waals surface area contributed by atoms with Crippen LogP contribution in [-0.2, 0) is 14.3 Å². The smallest absolute Gasteiger partial charge is 0.328 e. The Kier molecular flexibility index (Phi) is 6.88. The Balaban J connectivity index is 2.96. The van der Waals surface area contributed by atoms with Crippen LogP contribution >= 0.6 is 45.8 Å². The lowest BCUT2D eigenvalue weighted by Gasteiger charge is -2.18. The molecule has 0 radical (unpaired) electrons. The number of esters is 1. The third kappa shape index (κ3) is 4.81. The molecule has 0 aliphatic heterocycles. The molecule has 0 spiro atoms. The predicted octanol–water partition coefficient (Wildman–Crippen LogP) is 3.53. The van der Waals surface area contributed by atoms with E-state index in [1.807, 2.05) is 22.6 Å². The molecule has 0 unspecified atom stereocenters. The predicted molar refractivity (Wildman–Crippen MR) is 83.9 cm³/mol. The molecule has 0 aromatic heterocycles. The minimum Gasteiger partial charge on any atom is -0.464 e. The minimum atomic E-state index is -0.750. The summed E-state index contributed by atoms with van der Waals surface area (Å²) in [6.45, 7) is 1.96. The van der Waals surface area contributed by atoms with Crippen molar-refractivity contribution < 1.29 is 14.3 Å². The zero-order valence-electron chi connectivity index (χ0n) is 10.1. The van der Waals surface area contributed by atoms with Crippen LogP contribution < -0.4 is 5.32 Å². The third-order valence-electron chi connectivity index (χ3n) is 2.23. The van der Waals surface area contributed by atoms with Gasteiger partial charge in [0.15, 0.2) is 0 Å². The van der Waals surface area contributed by atoms with Crippen LogP contribution in [0, 0.1) is 3.57 Å². The molecular weight excluding hydrogens is 404 g/mol. The van der Waals surface area contributed by atoms with Crippen molar-refractivity contribution in [3.8, 4) is 0 Å². The van der Waals surface area contributed by atoms with E-state index in [0.717, 1.165) is 3.57 Å². The average molecular weight is 416 g/mol. The lowest BCUT2D eigenvalue weighted by molar-refractivity contribution is -0.144. The van der Waals surface area contributed by atoms with E-state index in [4.69, 9.17) is 27.9 Å². The van der Waals surface area contributed by atoms with E-state index in [1.54, 1.807) is 19.1 Å². The van der Waals surface area contributed by atoms with Crippen molar-refractivity contribution in [1.29, 1.82) is 0 Å². The monoisotopic (exact) mass is 415 g/mol. The number of benzene rings is 1. The third-order valence-corrected chi connectivity index (χ3v) is 4.22. The Bertz CT molecular complexity index is 482. The maximum Gasteiger partial charge on any atom is 0.328 e. The number of rotatable bonds is 6. The first-order valence-corrected chi connectivity index (χ1v) is 7.34. The second-order valence-corrected chi connectivity index (χ2v) is 5.52. The highest BCUT2D eigenvalue weighted by Gasteiger charge is 2.20. The molecule has 7 heteroatoms. The molecule has 0 aliphatic carbocycles. The first-order valence-electron chi connectivity index (χ1n) is 5.51. The van der Waals surface area contributed by atoms with Crippen molar-refractivity contribution in [2.45, 2.75) is 19.4 Å². The van der Waals surface area contributed by atoms with Crippen LogP contribution in [0.15, 0.2) is 12.1 Å². The summed E-state index contributed by atoms with van der Waals surface area (Å²) in [6, 6.07) is 2.50. The number of hydrogen-bond donors (Lipinski definition) is 1. The van der Waals surface area contributed by atoms with Crippen LogP contribution in [0.3, 0.4) is 0 Å². The zero-order valence-corrected chi connectivity index (χ0v) is 13.8. The SMILES string of the molecule is CCOC(=O)[C@@H](CC=O)Nc1cc(Cl)cc(Cl)c1I. The maximum absolute atomic E-state index is 11.7. The van der Waals surface area contributed by atoms with Gasteiger partial charge in [-0.15, -0.1) is 0 Å². The van der Waals surface area contributed by atoms with Gasteiger partial charge < -0.3 is 14.8 Å². The van der Waals surface area contributed by atoms with E-state index < -0.39 is 12.0 Å². The molecule has 0 heterocycles. The van der Waals surface area contributed by atoms with Crippen molar-refractivity contribution in [3.63, 3.8) is 0 Å². The fourth-order valence-corrected chi connectivity index (χ4v) is 2.36. The normalized spacial score (nSPS) is 11.8. The number of ether oxygens (including phenoxy) is 1. The second-order valence-electron chi connectivity index (χ2n) is 3.60. The van der Waals surface area contributed by atoms with Gasteiger partial charge in [0.25, 0.3) is 0 Å². The molecule has 1 N–H and O–H groups in total. The summed E-state index contributed by atoms with van der Waals surface area (Å²) in [4.78, 5) is 22.3. The fourth-order valence-electron chi connectivity index (χ4n) is 1.40. The average Bonchev–Trinajstić information content (AvgIpc) is 2.35. The quantitative estimate of drug-likeness (QED) is 0.334. The Labute approximate surface area is 134 Å². The number of hydrogen-bond acceptors (Lipinski definition) is 4. The van der Waals surface area contributed by atoms with Crippen molar-refractivity contribution in [2.75, 3.05) is 11.9 Å².